The Morgan fingerprint density at radius 2 is 1.48 bits per heavy atom. The van der Waals surface area contributed by atoms with Gasteiger partial charge in [-0.3, -0.25) is 9.59 Å². The van der Waals surface area contributed by atoms with Crippen molar-refractivity contribution in [3.63, 3.8) is 0 Å². The van der Waals surface area contributed by atoms with Crippen molar-refractivity contribution in [3.8, 4) is 11.5 Å². The summed E-state index contributed by atoms with van der Waals surface area (Å²) in [6.07, 6.45) is 0. The van der Waals surface area contributed by atoms with E-state index in [9.17, 15) is 14.0 Å². The first-order valence-electron chi connectivity index (χ1n) is 10.3. The third-order valence-corrected chi connectivity index (χ3v) is 5.34. The Morgan fingerprint density at radius 1 is 0.818 bits per heavy atom. The van der Waals surface area contributed by atoms with Crippen molar-refractivity contribution in [2.75, 3.05) is 24.4 Å². The lowest BCUT2D eigenvalue weighted by molar-refractivity contribution is -0.120. The van der Waals surface area contributed by atoms with E-state index in [0.29, 0.717) is 22.7 Å². The molecule has 0 spiro atoms. The highest BCUT2D eigenvalue weighted by Crippen LogP contribution is 2.38. The first-order valence-corrected chi connectivity index (χ1v) is 10.3. The van der Waals surface area contributed by atoms with Crippen LogP contribution in [0.15, 0.2) is 66.4 Å². The van der Waals surface area contributed by atoms with Gasteiger partial charge in [-0.25, -0.2) is 9.29 Å². The molecule has 1 N–H and O–H groups in total. The zero-order chi connectivity index (χ0) is 23.7. The van der Waals surface area contributed by atoms with E-state index in [1.54, 1.807) is 24.3 Å². The Labute approximate surface area is 191 Å². The number of nitrogens with zero attached hydrogens (tertiary/aromatic N) is 1. The molecule has 6 nitrogen and oxygen atoms in total. The topological polar surface area (TPSA) is 67.9 Å². The molecule has 0 saturated heterocycles. The molecule has 33 heavy (non-hydrogen) atoms. The third kappa shape index (κ3) is 4.05. The largest absolute Gasteiger partial charge is 0.493 e. The summed E-state index contributed by atoms with van der Waals surface area (Å²) >= 11 is 0. The summed E-state index contributed by atoms with van der Waals surface area (Å²) in [5.41, 5.74) is 3.14. The van der Waals surface area contributed by atoms with Gasteiger partial charge in [0.2, 0.25) is 0 Å². The number of hydrogen-bond acceptors (Lipinski definition) is 5. The molecule has 0 bridgehead atoms. The Balaban J connectivity index is 1.89. The highest BCUT2D eigenvalue weighted by molar-refractivity contribution is 6.46. The number of rotatable bonds is 6. The summed E-state index contributed by atoms with van der Waals surface area (Å²) in [6.45, 7) is 3.88. The minimum absolute atomic E-state index is 0.0560. The Kier molecular flexibility index (Phi) is 5.87. The molecule has 0 fully saturated rings. The number of amides is 2. The van der Waals surface area contributed by atoms with E-state index in [0.717, 1.165) is 16.0 Å². The van der Waals surface area contributed by atoms with E-state index in [4.69, 9.17) is 9.47 Å². The van der Waals surface area contributed by atoms with Crippen LogP contribution in [0.2, 0.25) is 0 Å². The van der Waals surface area contributed by atoms with Gasteiger partial charge in [0.25, 0.3) is 11.8 Å². The van der Waals surface area contributed by atoms with Crippen LogP contribution in [0.4, 0.5) is 15.8 Å². The van der Waals surface area contributed by atoms with Crippen LogP contribution in [0.5, 0.6) is 11.5 Å². The minimum Gasteiger partial charge on any atom is -0.493 e. The lowest BCUT2D eigenvalue weighted by atomic mass is 10.0. The van der Waals surface area contributed by atoms with E-state index in [1.807, 2.05) is 32.0 Å². The van der Waals surface area contributed by atoms with E-state index < -0.39 is 17.6 Å². The van der Waals surface area contributed by atoms with Gasteiger partial charge >= 0.3 is 0 Å². The van der Waals surface area contributed by atoms with Gasteiger partial charge in [-0.2, -0.15) is 0 Å². The molecule has 168 valence electrons. The molecular weight excluding hydrogens is 423 g/mol. The second-order valence-electron chi connectivity index (χ2n) is 7.72. The van der Waals surface area contributed by atoms with Crippen molar-refractivity contribution in [1.82, 2.24) is 0 Å². The minimum atomic E-state index is -0.668. The summed E-state index contributed by atoms with van der Waals surface area (Å²) < 4.78 is 25.2. The zero-order valence-corrected chi connectivity index (χ0v) is 18.7. The van der Waals surface area contributed by atoms with Crippen molar-refractivity contribution < 1.29 is 23.5 Å². The van der Waals surface area contributed by atoms with E-state index in [1.165, 1.54) is 32.4 Å². The lowest BCUT2D eigenvalue weighted by Gasteiger charge is -2.16. The molecule has 7 heteroatoms. The van der Waals surface area contributed by atoms with Crippen LogP contribution >= 0.6 is 0 Å². The van der Waals surface area contributed by atoms with Crippen LogP contribution in [0.25, 0.3) is 5.57 Å². The Hall–Kier alpha value is -4.13. The average molecular weight is 446 g/mol. The fourth-order valence-corrected chi connectivity index (χ4v) is 3.95. The molecule has 4 rings (SSSR count). The third-order valence-electron chi connectivity index (χ3n) is 5.34. The number of imide groups is 1. The van der Waals surface area contributed by atoms with Crippen molar-refractivity contribution in [1.29, 1.82) is 0 Å². The number of halogens is 1. The summed E-state index contributed by atoms with van der Waals surface area (Å²) in [6, 6.07) is 16.4. The van der Waals surface area contributed by atoms with Crippen LogP contribution < -0.4 is 19.7 Å². The maximum absolute atomic E-state index is 14.6. The Bertz CT molecular complexity index is 1280. The lowest BCUT2D eigenvalue weighted by Crippen LogP contribution is -2.33. The second-order valence-corrected chi connectivity index (χ2v) is 7.72. The fourth-order valence-electron chi connectivity index (χ4n) is 3.95. The number of anilines is 2. The summed E-state index contributed by atoms with van der Waals surface area (Å²) in [4.78, 5) is 27.8. The van der Waals surface area contributed by atoms with E-state index >= 15 is 0 Å². The number of carbonyl (C=O) groups is 2. The molecule has 2 amide bonds. The molecule has 0 radical (unpaired) electrons. The number of benzene rings is 3. The van der Waals surface area contributed by atoms with Gasteiger partial charge in [0.1, 0.15) is 11.5 Å². The van der Waals surface area contributed by atoms with Crippen LogP contribution in [-0.4, -0.2) is 26.0 Å². The predicted molar refractivity (Wildman–Crippen MR) is 125 cm³/mol. The van der Waals surface area contributed by atoms with E-state index in [2.05, 4.69) is 5.32 Å². The maximum Gasteiger partial charge on any atom is 0.282 e. The number of ether oxygens (including phenoxy) is 2. The van der Waals surface area contributed by atoms with Gasteiger partial charge in [-0.05, 0) is 66.9 Å². The molecule has 0 saturated carbocycles. The van der Waals surface area contributed by atoms with Gasteiger partial charge in [-0.1, -0.05) is 24.3 Å². The number of hydrogen-bond donors (Lipinski definition) is 1. The van der Waals surface area contributed by atoms with Crippen molar-refractivity contribution >= 4 is 28.8 Å². The molecule has 1 heterocycles. The fraction of sp³-hybridized carbons (Fsp3) is 0.154. The number of para-hydroxylation sites is 1. The first-order chi connectivity index (χ1) is 15.8. The van der Waals surface area contributed by atoms with Gasteiger partial charge < -0.3 is 14.8 Å². The molecule has 0 unspecified atom stereocenters. The zero-order valence-electron chi connectivity index (χ0n) is 18.7. The standard InChI is InChI=1S/C26H23FN2O4/c1-15-11-16(2)13-18(12-15)28-24-23(17-9-10-21(32-3)22(14-17)33-4)25(30)29(26(24)31)20-8-6-5-7-19(20)27/h5-14,28H,1-4H3. The summed E-state index contributed by atoms with van der Waals surface area (Å²) in [5.74, 6) is -1.07. The smallest absolute Gasteiger partial charge is 0.282 e. The first kappa shape index (κ1) is 22.1. The molecule has 3 aromatic rings. The number of carbonyl (C=O) groups excluding carboxylic acids is 2. The normalized spacial score (nSPS) is 13.5. The van der Waals surface area contributed by atoms with Crippen molar-refractivity contribution in [2.45, 2.75) is 13.8 Å². The maximum atomic E-state index is 14.6. The van der Waals surface area contributed by atoms with Crippen molar-refractivity contribution in [2.24, 2.45) is 0 Å². The van der Waals surface area contributed by atoms with Crippen LogP contribution in [0.3, 0.4) is 0 Å². The summed E-state index contributed by atoms with van der Waals surface area (Å²) in [5, 5.41) is 3.11. The molecule has 1 aliphatic heterocycles. The highest BCUT2D eigenvalue weighted by atomic mass is 19.1. The van der Waals surface area contributed by atoms with Crippen LogP contribution in [-0.2, 0) is 9.59 Å². The second kappa shape index (κ2) is 8.78. The quantitative estimate of drug-likeness (QED) is 0.548. The number of nitrogens with one attached hydrogen (secondary N) is 1. The number of aryl methyl sites for hydroxylation is 2. The van der Waals surface area contributed by atoms with Crippen LogP contribution in [0.1, 0.15) is 16.7 Å². The van der Waals surface area contributed by atoms with Crippen LogP contribution in [0, 0.1) is 19.7 Å². The molecule has 0 atom stereocenters. The highest BCUT2D eigenvalue weighted by Gasteiger charge is 2.41. The molecule has 0 aromatic heterocycles. The Morgan fingerprint density at radius 3 is 2.12 bits per heavy atom. The van der Waals surface area contributed by atoms with Gasteiger partial charge in [0.15, 0.2) is 11.5 Å². The number of methoxy groups -OCH3 is 2. The van der Waals surface area contributed by atoms with Gasteiger partial charge in [0.05, 0.1) is 25.5 Å². The van der Waals surface area contributed by atoms with Gasteiger partial charge in [-0.15, -0.1) is 0 Å². The average Bonchev–Trinajstić information content (AvgIpc) is 3.02. The van der Waals surface area contributed by atoms with Gasteiger partial charge in [0, 0.05) is 5.69 Å². The molecule has 0 aliphatic carbocycles. The SMILES string of the molecule is COc1ccc(C2=C(Nc3cc(C)cc(C)c3)C(=O)N(c3ccccc3F)C2=O)cc1OC. The van der Waals surface area contributed by atoms with E-state index in [-0.39, 0.29) is 17.0 Å². The monoisotopic (exact) mass is 446 g/mol. The molecular formula is C26H23FN2O4. The predicted octanol–water partition coefficient (Wildman–Crippen LogP) is 4.86. The molecule has 3 aromatic carbocycles. The molecule has 1 aliphatic rings. The summed E-state index contributed by atoms with van der Waals surface area (Å²) in [7, 11) is 2.99. The van der Waals surface area contributed by atoms with Crippen molar-refractivity contribution in [3.05, 3.63) is 88.9 Å².